The summed E-state index contributed by atoms with van der Waals surface area (Å²) in [6.45, 7) is 10.5. The van der Waals surface area contributed by atoms with Crippen LogP contribution in [0.25, 0.3) is 0 Å². The van der Waals surface area contributed by atoms with Crippen LogP contribution in [0.3, 0.4) is 0 Å². The molecule has 0 aromatic carbocycles. The van der Waals surface area contributed by atoms with Crippen molar-refractivity contribution in [3.8, 4) is 0 Å². The maximum Gasteiger partial charge on any atom is 0.153 e. The largest absolute Gasteiger partial charge is 0.229 e. The van der Waals surface area contributed by atoms with E-state index in [1.165, 1.54) is 0 Å². The van der Waals surface area contributed by atoms with Crippen LogP contribution in [0.15, 0.2) is 0 Å². The van der Waals surface area contributed by atoms with E-state index in [0.29, 0.717) is 11.7 Å². The molecular formula is C12H24O2S. The Morgan fingerprint density at radius 3 is 2.00 bits per heavy atom. The van der Waals surface area contributed by atoms with Crippen molar-refractivity contribution in [2.75, 3.05) is 5.75 Å². The molecule has 1 aliphatic rings. The minimum Gasteiger partial charge on any atom is -0.229 e. The summed E-state index contributed by atoms with van der Waals surface area (Å²) in [6.07, 6.45) is 1.91. The highest BCUT2D eigenvalue weighted by atomic mass is 32.2. The lowest BCUT2D eigenvalue weighted by Gasteiger charge is -2.37. The molecule has 2 atom stereocenters. The van der Waals surface area contributed by atoms with Gasteiger partial charge in [-0.25, -0.2) is 8.42 Å². The summed E-state index contributed by atoms with van der Waals surface area (Å²) in [5.74, 6) is 0.979. The van der Waals surface area contributed by atoms with Crippen molar-refractivity contribution in [3.05, 3.63) is 0 Å². The van der Waals surface area contributed by atoms with Gasteiger partial charge >= 0.3 is 0 Å². The van der Waals surface area contributed by atoms with E-state index in [9.17, 15) is 8.42 Å². The SMILES string of the molecule is CC(C)C1CCC(C(C)(C)C)CS1(=O)=O. The van der Waals surface area contributed by atoms with Crippen molar-refractivity contribution in [2.45, 2.75) is 52.7 Å². The van der Waals surface area contributed by atoms with E-state index in [1.54, 1.807) is 0 Å². The maximum absolute atomic E-state index is 12.1. The third kappa shape index (κ3) is 2.96. The Balaban J connectivity index is 2.83. The third-order valence-corrected chi connectivity index (χ3v) is 6.23. The zero-order valence-electron chi connectivity index (χ0n) is 10.6. The molecule has 1 heterocycles. The molecule has 1 fully saturated rings. The van der Waals surface area contributed by atoms with Gasteiger partial charge in [0.2, 0.25) is 0 Å². The van der Waals surface area contributed by atoms with Gasteiger partial charge in [0.15, 0.2) is 9.84 Å². The van der Waals surface area contributed by atoms with Gasteiger partial charge in [0.05, 0.1) is 11.0 Å². The molecule has 0 radical (unpaired) electrons. The Morgan fingerprint density at radius 1 is 1.13 bits per heavy atom. The predicted molar refractivity (Wildman–Crippen MR) is 64.6 cm³/mol. The summed E-state index contributed by atoms with van der Waals surface area (Å²) in [7, 11) is -2.86. The van der Waals surface area contributed by atoms with Crippen LogP contribution in [0.4, 0.5) is 0 Å². The van der Waals surface area contributed by atoms with Gasteiger partial charge in [-0.1, -0.05) is 34.6 Å². The molecule has 0 saturated carbocycles. The highest BCUT2D eigenvalue weighted by molar-refractivity contribution is 7.92. The molecule has 0 spiro atoms. The standard InChI is InChI=1S/C12H24O2S/c1-9(2)11-7-6-10(12(3,4)5)8-15(11,13)14/h9-11H,6-8H2,1-5H3. The summed E-state index contributed by atoms with van der Waals surface area (Å²) in [4.78, 5) is 0. The highest BCUT2D eigenvalue weighted by Crippen LogP contribution is 2.38. The minimum atomic E-state index is -2.86. The summed E-state index contributed by atoms with van der Waals surface area (Å²) >= 11 is 0. The lowest BCUT2D eigenvalue weighted by atomic mass is 9.78. The molecule has 1 rings (SSSR count). The molecule has 0 aromatic heterocycles. The Bertz CT molecular complexity index is 309. The van der Waals surface area contributed by atoms with Crippen LogP contribution in [-0.4, -0.2) is 19.4 Å². The van der Waals surface area contributed by atoms with E-state index in [1.807, 2.05) is 13.8 Å². The van der Waals surface area contributed by atoms with Crippen LogP contribution < -0.4 is 0 Å². The Morgan fingerprint density at radius 2 is 1.67 bits per heavy atom. The number of hydrogen-bond donors (Lipinski definition) is 0. The molecule has 2 nitrogen and oxygen atoms in total. The van der Waals surface area contributed by atoms with E-state index in [0.717, 1.165) is 12.8 Å². The van der Waals surface area contributed by atoms with Crippen molar-refractivity contribution < 1.29 is 8.42 Å². The summed E-state index contributed by atoms with van der Waals surface area (Å²) < 4.78 is 24.2. The minimum absolute atomic E-state index is 0.101. The van der Waals surface area contributed by atoms with Gasteiger partial charge in [-0.15, -0.1) is 0 Å². The van der Waals surface area contributed by atoms with E-state index < -0.39 is 9.84 Å². The first-order valence-electron chi connectivity index (χ1n) is 5.86. The first-order chi connectivity index (χ1) is 6.64. The molecule has 0 bridgehead atoms. The van der Waals surface area contributed by atoms with Crippen LogP contribution in [0.1, 0.15) is 47.5 Å². The average molecular weight is 232 g/mol. The van der Waals surface area contributed by atoms with Crippen molar-refractivity contribution in [1.82, 2.24) is 0 Å². The molecule has 0 aromatic rings. The van der Waals surface area contributed by atoms with Crippen LogP contribution >= 0.6 is 0 Å². The molecule has 0 N–H and O–H groups in total. The van der Waals surface area contributed by atoms with Crippen LogP contribution in [0.5, 0.6) is 0 Å². The fourth-order valence-electron chi connectivity index (χ4n) is 2.46. The van der Waals surface area contributed by atoms with Crippen molar-refractivity contribution in [3.63, 3.8) is 0 Å². The number of hydrogen-bond acceptors (Lipinski definition) is 2. The third-order valence-electron chi connectivity index (χ3n) is 3.66. The Kier molecular flexibility index (Phi) is 3.54. The van der Waals surface area contributed by atoms with E-state index in [2.05, 4.69) is 20.8 Å². The lowest BCUT2D eigenvalue weighted by Crippen LogP contribution is -2.41. The van der Waals surface area contributed by atoms with Gasteiger partial charge in [-0.05, 0) is 30.1 Å². The van der Waals surface area contributed by atoms with E-state index >= 15 is 0 Å². The van der Waals surface area contributed by atoms with Crippen LogP contribution in [0, 0.1) is 17.3 Å². The van der Waals surface area contributed by atoms with Gasteiger partial charge in [-0.3, -0.25) is 0 Å². The number of sulfone groups is 1. The summed E-state index contributed by atoms with van der Waals surface area (Å²) in [5, 5.41) is -0.101. The Hall–Kier alpha value is -0.0500. The second-order valence-electron chi connectivity index (χ2n) is 6.25. The van der Waals surface area contributed by atoms with Gasteiger partial charge < -0.3 is 0 Å². The zero-order valence-corrected chi connectivity index (χ0v) is 11.4. The van der Waals surface area contributed by atoms with Crippen LogP contribution in [-0.2, 0) is 9.84 Å². The summed E-state index contributed by atoms with van der Waals surface area (Å²) in [6, 6.07) is 0. The first-order valence-corrected chi connectivity index (χ1v) is 7.57. The molecule has 0 amide bonds. The topological polar surface area (TPSA) is 34.1 Å². The molecular weight excluding hydrogens is 208 g/mol. The molecule has 90 valence electrons. The smallest absolute Gasteiger partial charge is 0.153 e. The summed E-state index contributed by atoms with van der Waals surface area (Å²) in [5.41, 5.74) is 0.120. The van der Waals surface area contributed by atoms with Gasteiger partial charge in [0.25, 0.3) is 0 Å². The molecule has 1 aliphatic heterocycles. The van der Waals surface area contributed by atoms with Crippen molar-refractivity contribution in [1.29, 1.82) is 0 Å². The van der Waals surface area contributed by atoms with Gasteiger partial charge in [0.1, 0.15) is 0 Å². The van der Waals surface area contributed by atoms with E-state index in [-0.39, 0.29) is 16.6 Å². The molecule has 1 saturated heterocycles. The average Bonchev–Trinajstić information content (AvgIpc) is 1.99. The van der Waals surface area contributed by atoms with Crippen LogP contribution in [0.2, 0.25) is 0 Å². The maximum atomic E-state index is 12.1. The monoisotopic (exact) mass is 232 g/mol. The fraction of sp³-hybridized carbons (Fsp3) is 1.00. The predicted octanol–water partition coefficient (Wildman–Crippen LogP) is 2.88. The zero-order chi connectivity index (χ0) is 11.9. The van der Waals surface area contributed by atoms with Crippen molar-refractivity contribution >= 4 is 9.84 Å². The first kappa shape index (κ1) is 13.0. The number of rotatable bonds is 1. The molecule has 2 unspecified atom stereocenters. The van der Waals surface area contributed by atoms with Gasteiger partial charge in [0, 0.05) is 0 Å². The Labute approximate surface area is 94.4 Å². The molecule has 0 aliphatic carbocycles. The highest BCUT2D eigenvalue weighted by Gasteiger charge is 2.39. The quantitative estimate of drug-likeness (QED) is 0.696. The van der Waals surface area contributed by atoms with Gasteiger partial charge in [-0.2, -0.15) is 0 Å². The second kappa shape index (κ2) is 4.08. The lowest BCUT2D eigenvalue weighted by molar-refractivity contribution is 0.230. The van der Waals surface area contributed by atoms with Crippen molar-refractivity contribution in [2.24, 2.45) is 17.3 Å². The molecule has 3 heteroatoms. The molecule has 15 heavy (non-hydrogen) atoms. The fourth-order valence-corrected chi connectivity index (χ4v) is 5.26. The normalized spacial score (nSPS) is 31.9. The second-order valence-corrected chi connectivity index (χ2v) is 8.52. The van der Waals surface area contributed by atoms with E-state index in [4.69, 9.17) is 0 Å².